The van der Waals surface area contributed by atoms with Crippen LogP contribution < -0.4 is 4.74 Å². The van der Waals surface area contributed by atoms with Crippen LogP contribution in [0.25, 0.3) is 11.4 Å². The van der Waals surface area contributed by atoms with Crippen molar-refractivity contribution in [3.63, 3.8) is 0 Å². The Morgan fingerprint density at radius 2 is 1.45 bits per heavy atom. The highest BCUT2D eigenvalue weighted by Gasteiger charge is 2.20. The first-order valence-electron chi connectivity index (χ1n) is 11.7. The summed E-state index contributed by atoms with van der Waals surface area (Å²) < 4.78 is 5.21. The van der Waals surface area contributed by atoms with Crippen LogP contribution in [0.2, 0.25) is 0 Å². The first-order chi connectivity index (χ1) is 14.3. The lowest BCUT2D eigenvalue weighted by atomic mass is 9.78. The molecule has 0 N–H and O–H groups in total. The molecule has 1 aromatic carbocycles. The van der Waals surface area contributed by atoms with E-state index in [0.29, 0.717) is 0 Å². The number of hydrogen-bond acceptors (Lipinski definition) is 3. The molecule has 0 atom stereocenters. The second-order valence-electron chi connectivity index (χ2n) is 8.77. The maximum Gasteiger partial charge on any atom is 0.159 e. The van der Waals surface area contributed by atoms with Crippen LogP contribution in [-0.4, -0.2) is 17.1 Å². The van der Waals surface area contributed by atoms with E-state index in [0.717, 1.165) is 35.4 Å². The SMILES string of the molecule is CCCCCCCC1CCC(CCc2cnc(-c3ccc(OC)cc3)nc2)CC1. The van der Waals surface area contributed by atoms with E-state index in [1.54, 1.807) is 7.11 Å². The molecule has 3 heteroatoms. The number of hydrogen-bond donors (Lipinski definition) is 0. The topological polar surface area (TPSA) is 35.0 Å². The molecule has 1 fully saturated rings. The average Bonchev–Trinajstić information content (AvgIpc) is 2.79. The average molecular weight is 395 g/mol. The Bertz CT molecular complexity index is 688. The Hall–Kier alpha value is -1.90. The maximum atomic E-state index is 5.21. The number of ether oxygens (including phenoxy) is 1. The largest absolute Gasteiger partial charge is 0.497 e. The minimum absolute atomic E-state index is 0.788. The zero-order valence-electron chi connectivity index (χ0n) is 18.4. The Kier molecular flexibility index (Phi) is 8.98. The lowest BCUT2D eigenvalue weighted by molar-refractivity contribution is 0.248. The van der Waals surface area contributed by atoms with Gasteiger partial charge < -0.3 is 4.74 Å². The molecule has 3 nitrogen and oxygen atoms in total. The fourth-order valence-corrected chi connectivity index (χ4v) is 4.59. The van der Waals surface area contributed by atoms with Gasteiger partial charge in [-0.3, -0.25) is 0 Å². The monoisotopic (exact) mass is 394 g/mol. The van der Waals surface area contributed by atoms with Gasteiger partial charge in [0.05, 0.1) is 7.11 Å². The minimum atomic E-state index is 0.788. The van der Waals surface area contributed by atoms with Crippen molar-refractivity contribution < 1.29 is 4.74 Å². The first kappa shape index (κ1) is 21.8. The molecule has 0 amide bonds. The Morgan fingerprint density at radius 1 is 0.828 bits per heavy atom. The quantitative estimate of drug-likeness (QED) is 0.376. The lowest BCUT2D eigenvalue weighted by Gasteiger charge is -2.28. The fraction of sp³-hybridized carbons (Fsp3) is 0.615. The van der Waals surface area contributed by atoms with Gasteiger partial charge >= 0.3 is 0 Å². The van der Waals surface area contributed by atoms with Crippen molar-refractivity contribution in [2.45, 2.75) is 84.0 Å². The summed E-state index contributed by atoms with van der Waals surface area (Å²) in [7, 11) is 1.68. The van der Waals surface area contributed by atoms with Gasteiger partial charge in [-0.1, -0.05) is 71.1 Å². The summed E-state index contributed by atoms with van der Waals surface area (Å²) in [6.45, 7) is 2.29. The minimum Gasteiger partial charge on any atom is -0.497 e. The van der Waals surface area contributed by atoms with Crippen LogP contribution in [0.15, 0.2) is 36.7 Å². The smallest absolute Gasteiger partial charge is 0.159 e. The summed E-state index contributed by atoms with van der Waals surface area (Å²) in [4.78, 5) is 9.17. The third kappa shape index (κ3) is 7.13. The lowest BCUT2D eigenvalue weighted by Crippen LogP contribution is -2.15. The summed E-state index contributed by atoms with van der Waals surface area (Å²) in [6, 6.07) is 7.93. The van der Waals surface area contributed by atoms with Gasteiger partial charge in [-0.2, -0.15) is 0 Å². The van der Waals surface area contributed by atoms with E-state index in [1.165, 1.54) is 76.2 Å². The number of benzene rings is 1. The van der Waals surface area contributed by atoms with Gasteiger partial charge in [-0.25, -0.2) is 9.97 Å². The molecule has 1 aliphatic carbocycles. The van der Waals surface area contributed by atoms with Gasteiger partial charge in [-0.05, 0) is 54.5 Å². The number of rotatable bonds is 11. The second kappa shape index (κ2) is 11.9. The molecule has 3 rings (SSSR count). The molecule has 1 aromatic heterocycles. The van der Waals surface area contributed by atoms with Crippen molar-refractivity contribution in [2.75, 3.05) is 7.11 Å². The number of methoxy groups -OCH3 is 1. The molecule has 1 heterocycles. The highest BCUT2D eigenvalue weighted by Crippen LogP contribution is 2.34. The molecule has 1 aliphatic rings. The molecular formula is C26H38N2O. The van der Waals surface area contributed by atoms with Crippen molar-refractivity contribution >= 4 is 0 Å². The Labute approximate surface area is 177 Å². The molecule has 0 bridgehead atoms. The predicted octanol–water partition coefficient (Wildman–Crippen LogP) is 7.25. The van der Waals surface area contributed by atoms with E-state index in [1.807, 2.05) is 36.7 Å². The van der Waals surface area contributed by atoms with Gasteiger partial charge in [0.2, 0.25) is 0 Å². The summed E-state index contributed by atoms with van der Waals surface area (Å²) in [5.74, 6) is 3.54. The summed E-state index contributed by atoms with van der Waals surface area (Å²) >= 11 is 0. The number of unbranched alkanes of at least 4 members (excludes halogenated alkanes) is 4. The Morgan fingerprint density at radius 3 is 2.07 bits per heavy atom. The van der Waals surface area contributed by atoms with Crippen LogP contribution in [0.4, 0.5) is 0 Å². The van der Waals surface area contributed by atoms with Gasteiger partial charge in [0.25, 0.3) is 0 Å². The van der Waals surface area contributed by atoms with Crippen molar-refractivity contribution in [3.05, 3.63) is 42.2 Å². The Balaban J connectivity index is 1.36. The van der Waals surface area contributed by atoms with Crippen molar-refractivity contribution in [1.82, 2.24) is 9.97 Å². The van der Waals surface area contributed by atoms with Crippen LogP contribution in [0, 0.1) is 11.8 Å². The molecule has 0 spiro atoms. The molecular weight excluding hydrogens is 356 g/mol. The number of aromatic nitrogens is 2. The number of aryl methyl sites for hydroxylation is 1. The third-order valence-corrected chi connectivity index (χ3v) is 6.58. The second-order valence-corrected chi connectivity index (χ2v) is 8.77. The molecule has 2 aromatic rings. The summed E-state index contributed by atoms with van der Waals surface area (Å²) in [5.41, 5.74) is 2.30. The van der Waals surface area contributed by atoms with E-state index in [2.05, 4.69) is 16.9 Å². The van der Waals surface area contributed by atoms with Crippen molar-refractivity contribution in [3.8, 4) is 17.1 Å². The molecule has 0 unspecified atom stereocenters. The van der Waals surface area contributed by atoms with E-state index in [4.69, 9.17) is 4.74 Å². The van der Waals surface area contributed by atoms with E-state index in [-0.39, 0.29) is 0 Å². The molecule has 0 saturated heterocycles. The molecule has 1 saturated carbocycles. The van der Waals surface area contributed by atoms with Crippen molar-refractivity contribution in [2.24, 2.45) is 11.8 Å². The molecule has 29 heavy (non-hydrogen) atoms. The molecule has 158 valence electrons. The molecule has 0 radical (unpaired) electrons. The van der Waals surface area contributed by atoms with Crippen LogP contribution in [-0.2, 0) is 6.42 Å². The van der Waals surface area contributed by atoms with E-state index in [9.17, 15) is 0 Å². The zero-order valence-corrected chi connectivity index (χ0v) is 18.4. The maximum absolute atomic E-state index is 5.21. The van der Waals surface area contributed by atoms with E-state index < -0.39 is 0 Å². The van der Waals surface area contributed by atoms with Gasteiger partial charge in [-0.15, -0.1) is 0 Å². The highest BCUT2D eigenvalue weighted by atomic mass is 16.5. The highest BCUT2D eigenvalue weighted by molar-refractivity contribution is 5.55. The fourth-order valence-electron chi connectivity index (χ4n) is 4.59. The summed E-state index contributed by atoms with van der Waals surface area (Å²) in [5, 5.41) is 0. The standard InChI is InChI=1S/C26H38N2O/c1-3-4-5-6-7-8-21-9-11-22(12-10-21)13-14-23-19-27-26(28-20-23)24-15-17-25(29-2)18-16-24/h15-22H,3-14H2,1-2H3. The van der Waals surface area contributed by atoms with Crippen LogP contribution in [0.5, 0.6) is 5.75 Å². The summed E-state index contributed by atoms with van der Waals surface area (Å²) in [6.07, 6.45) is 20.7. The van der Waals surface area contributed by atoms with Gasteiger partial charge in [0, 0.05) is 18.0 Å². The zero-order chi connectivity index (χ0) is 20.3. The van der Waals surface area contributed by atoms with E-state index >= 15 is 0 Å². The van der Waals surface area contributed by atoms with Crippen LogP contribution in [0.3, 0.4) is 0 Å². The van der Waals surface area contributed by atoms with Crippen LogP contribution in [0.1, 0.15) is 83.1 Å². The van der Waals surface area contributed by atoms with Gasteiger partial charge in [0.15, 0.2) is 5.82 Å². The molecule has 0 aliphatic heterocycles. The predicted molar refractivity (Wildman–Crippen MR) is 121 cm³/mol. The normalized spacial score (nSPS) is 19.2. The first-order valence-corrected chi connectivity index (χ1v) is 11.7. The van der Waals surface area contributed by atoms with Crippen LogP contribution >= 0.6 is 0 Å². The number of nitrogens with zero attached hydrogens (tertiary/aromatic N) is 2. The van der Waals surface area contributed by atoms with Gasteiger partial charge in [0.1, 0.15) is 5.75 Å². The third-order valence-electron chi connectivity index (χ3n) is 6.58. The van der Waals surface area contributed by atoms with Crippen molar-refractivity contribution in [1.29, 1.82) is 0 Å².